The topological polar surface area (TPSA) is 58.4 Å². The van der Waals surface area contributed by atoms with Crippen LogP contribution in [0.5, 0.6) is 0 Å². The average Bonchev–Trinajstić information content (AvgIpc) is 3.17. The van der Waals surface area contributed by atoms with Crippen LogP contribution in [-0.2, 0) is 12.8 Å². The van der Waals surface area contributed by atoms with E-state index in [0.717, 1.165) is 49.8 Å². The number of nitrogens with zero attached hydrogens (tertiary/aromatic N) is 5. The van der Waals surface area contributed by atoms with Crippen LogP contribution in [0.2, 0.25) is 0 Å². The first-order chi connectivity index (χ1) is 12.3. The van der Waals surface area contributed by atoms with E-state index in [-0.39, 0.29) is 0 Å². The minimum absolute atomic E-state index is 0.598. The molecule has 0 radical (unpaired) electrons. The molecule has 1 fully saturated rings. The van der Waals surface area contributed by atoms with Crippen LogP contribution in [0.4, 0.5) is 5.82 Å². The average molecular weight is 334 g/mol. The van der Waals surface area contributed by atoms with Gasteiger partial charge in [0.2, 0.25) is 0 Å². The molecule has 2 aromatic heterocycles. The molecule has 1 aliphatic carbocycles. The summed E-state index contributed by atoms with van der Waals surface area (Å²) < 4.78 is 1.82. The standard InChI is InChI=1S/C19H22N6/c1-13-21-22-18-6-7-19(23-25(13)18)24-11-14(12-24)10-20-17-8-15-4-2-3-5-16(15)9-17/h2-7,14,17,20H,8-12H2,1H3. The largest absolute Gasteiger partial charge is 0.354 e. The highest BCUT2D eigenvalue weighted by atomic mass is 15.4. The van der Waals surface area contributed by atoms with E-state index >= 15 is 0 Å². The van der Waals surface area contributed by atoms with Gasteiger partial charge in [-0.1, -0.05) is 24.3 Å². The Morgan fingerprint density at radius 3 is 2.56 bits per heavy atom. The van der Waals surface area contributed by atoms with Crippen LogP contribution in [0, 0.1) is 12.8 Å². The summed E-state index contributed by atoms with van der Waals surface area (Å²) in [4.78, 5) is 2.33. The molecule has 0 amide bonds. The molecule has 1 N–H and O–H groups in total. The molecular weight excluding hydrogens is 312 g/mol. The molecule has 0 saturated carbocycles. The number of hydrogen-bond donors (Lipinski definition) is 1. The highest BCUT2D eigenvalue weighted by molar-refractivity contribution is 5.47. The quantitative estimate of drug-likeness (QED) is 0.786. The van der Waals surface area contributed by atoms with Crippen LogP contribution in [-0.4, -0.2) is 45.5 Å². The molecule has 6 nitrogen and oxygen atoms in total. The summed E-state index contributed by atoms with van der Waals surface area (Å²) in [7, 11) is 0. The van der Waals surface area contributed by atoms with Crippen LogP contribution in [0.3, 0.4) is 0 Å². The van der Waals surface area contributed by atoms with Gasteiger partial charge in [-0.2, -0.15) is 4.52 Å². The van der Waals surface area contributed by atoms with Crippen molar-refractivity contribution >= 4 is 11.5 Å². The molecular formula is C19H22N6. The van der Waals surface area contributed by atoms with Crippen molar-refractivity contribution in [2.75, 3.05) is 24.5 Å². The maximum atomic E-state index is 4.65. The van der Waals surface area contributed by atoms with Gasteiger partial charge in [0.05, 0.1) is 0 Å². The summed E-state index contributed by atoms with van der Waals surface area (Å²) in [6.45, 7) is 5.14. The maximum absolute atomic E-state index is 4.65. The van der Waals surface area contributed by atoms with E-state index < -0.39 is 0 Å². The van der Waals surface area contributed by atoms with Crippen molar-refractivity contribution in [3.05, 3.63) is 53.3 Å². The molecule has 6 heteroatoms. The van der Waals surface area contributed by atoms with Gasteiger partial charge in [-0.3, -0.25) is 0 Å². The molecule has 0 atom stereocenters. The minimum atomic E-state index is 0.598. The fourth-order valence-corrected chi connectivity index (χ4v) is 3.98. The van der Waals surface area contributed by atoms with E-state index in [0.29, 0.717) is 12.0 Å². The lowest BCUT2D eigenvalue weighted by Gasteiger charge is -2.40. The molecule has 3 heterocycles. The Morgan fingerprint density at radius 2 is 1.80 bits per heavy atom. The Kier molecular flexibility index (Phi) is 3.45. The second-order valence-corrected chi connectivity index (χ2v) is 7.26. The fourth-order valence-electron chi connectivity index (χ4n) is 3.98. The molecule has 1 aromatic carbocycles. The summed E-state index contributed by atoms with van der Waals surface area (Å²) in [5.74, 6) is 2.54. The Balaban J connectivity index is 1.15. The van der Waals surface area contributed by atoms with Crippen LogP contribution < -0.4 is 10.2 Å². The first kappa shape index (κ1) is 14.8. The SMILES string of the molecule is Cc1nnc2ccc(N3CC(CNC4Cc5ccccc5C4)C3)nn12. The predicted octanol–water partition coefficient (Wildman–Crippen LogP) is 1.63. The lowest BCUT2D eigenvalue weighted by Crippen LogP contribution is -2.52. The molecule has 2 aliphatic rings. The first-order valence-corrected chi connectivity index (χ1v) is 9.00. The monoisotopic (exact) mass is 334 g/mol. The summed E-state index contributed by atoms with van der Waals surface area (Å²) >= 11 is 0. The third-order valence-electron chi connectivity index (χ3n) is 5.43. The van der Waals surface area contributed by atoms with Gasteiger partial charge in [0.1, 0.15) is 5.82 Å². The van der Waals surface area contributed by atoms with E-state index in [2.05, 4.69) is 49.8 Å². The number of anilines is 1. The zero-order valence-corrected chi connectivity index (χ0v) is 14.4. The van der Waals surface area contributed by atoms with Gasteiger partial charge >= 0.3 is 0 Å². The van der Waals surface area contributed by atoms with Gasteiger partial charge in [0.25, 0.3) is 0 Å². The number of hydrogen-bond acceptors (Lipinski definition) is 5. The van der Waals surface area contributed by atoms with Gasteiger partial charge in [0, 0.05) is 31.6 Å². The molecule has 0 bridgehead atoms. The molecule has 5 rings (SSSR count). The van der Waals surface area contributed by atoms with Crippen LogP contribution in [0.25, 0.3) is 5.65 Å². The van der Waals surface area contributed by atoms with Crippen LogP contribution in [0.15, 0.2) is 36.4 Å². The Hall–Kier alpha value is -2.47. The Bertz CT molecular complexity index is 886. The molecule has 1 aliphatic heterocycles. The van der Waals surface area contributed by atoms with Crippen LogP contribution >= 0.6 is 0 Å². The van der Waals surface area contributed by atoms with Crippen molar-refractivity contribution < 1.29 is 0 Å². The second kappa shape index (κ2) is 5.81. The highest BCUT2D eigenvalue weighted by Gasteiger charge is 2.29. The van der Waals surface area contributed by atoms with Crippen molar-refractivity contribution in [1.29, 1.82) is 0 Å². The smallest absolute Gasteiger partial charge is 0.178 e. The maximum Gasteiger partial charge on any atom is 0.178 e. The van der Waals surface area contributed by atoms with Crippen molar-refractivity contribution in [3.8, 4) is 0 Å². The predicted molar refractivity (Wildman–Crippen MR) is 96.9 cm³/mol. The van der Waals surface area contributed by atoms with E-state index in [1.54, 1.807) is 0 Å². The summed E-state index contributed by atoms with van der Waals surface area (Å²) in [5.41, 5.74) is 3.83. The lowest BCUT2D eigenvalue weighted by molar-refractivity contribution is 0.360. The Labute approximate surface area is 146 Å². The number of rotatable bonds is 4. The highest BCUT2D eigenvalue weighted by Crippen LogP contribution is 2.24. The number of aromatic nitrogens is 4. The zero-order valence-electron chi connectivity index (χ0n) is 14.4. The van der Waals surface area contributed by atoms with E-state index in [9.17, 15) is 0 Å². The summed E-state index contributed by atoms with van der Waals surface area (Å²) in [5, 5.41) is 16.6. The molecule has 0 spiro atoms. The van der Waals surface area contributed by atoms with Crippen molar-refractivity contribution in [2.45, 2.75) is 25.8 Å². The Morgan fingerprint density at radius 1 is 1.04 bits per heavy atom. The molecule has 25 heavy (non-hydrogen) atoms. The first-order valence-electron chi connectivity index (χ1n) is 9.00. The minimum Gasteiger partial charge on any atom is -0.354 e. The van der Waals surface area contributed by atoms with Gasteiger partial charge in [-0.15, -0.1) is 15.3 Å². The normalized spacial score (nSPS) is 17.9. The number of fused-ring (bicyclic) bond motifs is 2. The van der Waals surface area contributed by atoms with Crippen molar-refractivity contribution in [3.63, 3.8) is 0 Å². The number of benzene rings is 1. The zero-order chi connectivity index (χ0) is 16.8. The summed E-state index contributed by atoms with van der Waals surface area (Å²) in [6, 6.07) is 13.4. The van der Waals surface area contributed by atoms with Gasteiger partial charge in [-0.05, 0) is 43.0 Å². The van der Waals surface area contributed by atoms with E-state index in [1.165, 1.54) is 11.1 Å². The molecule has 128 valence electrons. The molecule has 1 saturated heterocycles. The second-order valence-electron chi connectivity index (χ2n) is 7.26. The number of nitrogens with one attached hydrogen (secondary N) is 1. The molecule has 3 aromatic rings. The van der Waals surface area contributed by atoms with Crippen molar-refractivity contribution in [1.82, 2.24) is 25.1 Å². The lowest BCUT2D eigenvalue weighted by atomic mass is 9.99. The van der Waals surface area contributed by atoms with E-state index in [1.807, 2.05) is 23.6 Å². The van der Waals surface area contributed by atoms with Gasteiger partial charge in [-0.25, -0.2) is 0 Å². The molecule has 0 unspecified atom stereocenters. The summed E-state index contributed by atoms with van der Waals surface area (Å²) in [6.07, 6.45) is 2.33. The van der Waals surface area contributed by atoms with Gasteiger partial charge in [0.15, 0.2) is 11.5 Å². The third-order valence-corrected chi connectivity index (χ3v) is 5.43. The van der Waals surface area contributed by atoms with Gasteiger partial charge < -0.3 is 10.2 Å². The fraction of sp³-hybridized carbons (Fsp3) is 0.421. The number of aryl methyl sites for hydroxylation is 1. The van der Waals surface area contributed by atoms with Crippen molar-refractivity contribution in [2.24, 2.45) is 5.92 Å². The van der Waals surface area contributed by atoms with Crippen LogP contribution in [0.1, 0.15) is 17.0 Å². The third kappa shape index (κ3) is 2.66. The van der Waals surface area contributed by atoms with E-state index in [4.69, 9.17) is 0 Å².